The number of rotatable bonds is 9. The van der Waals surface area contributed by atoms with Gasteiger partial charge in [0.05, 0.1) is 5.56 Å². The topological polar surface area (TPSA) is 26.3 Å². The number of hydrogen-bond acceptors (Lipinski definition) is 2. The molecule has 2 heteroatoms. The Morgan fingerprint density at radius 1 is 0.826 bits per heavy atom. The Labute approximate surface area is 139 Å². The molecule has 122 valence electrons. The van der Waals surface area contributed by atoms with E-state index in [9.17, 15) is 4.79 Å². The van der Waals surface area contributed by atoms with Crippen molar-refractivity contribution < 1.29 is 9.53 Å². The van der Waals surface area contributed by atoms with Gasteiger partial charge in [-0.25, -0.2) is 4.79 Å². The molecule has 0 saturated heterocycles. The zero-order chi connectivity index (χ0) is 16.3. The summed E-state index contributed by atoms with van der Waals surface area (Å²) in [5, 5.41) is 0. The number of ether oxygens (including phenoxy) is 1. The lowest BCUT2D eigenvalue weighted by atomic mass is 10.0. The highest BCUT2D eigenvalue weighted by atomic mass is 16.5. The van der Waals surface area contributed by atoms with E-state index in [2.05, 4.69) is 6.92 Å². The van der Waals surface area contributed by atoms with Gasteiger partial charge in [-0.15, -0.1) is 0 Å². The zero-order valence-electron chi connectivity index (χ0n) is 14.0. The van der Waals surface area contributed by atoms with E-state index in [1.165, 1.54) is 44.1 Å². The van der Waals surface area contributed by atoms with Crippen LogP contribution in [0.15, 0.2) is 54.6 Å². The van der Waals surface area contributed by atoms with Crippen molar-refractivity contribution in [1.29, 1.82) is 0 Å². The Morgan fingerprint density at radius 3 is 2.17 bits per heavy atom. The molecular formula is C21H26O2. The van der Waals surface area contributed by atoms with Crippen LogP contribution in [0.1, 0.15) is 61.4 Å². The lowest BCUT2D eigenvalue weighted by molar-refractivity contribution is 0.0735. The number of unbranched alkanes of at least 4 members (excludes halogenated alkanes) is 5. The van der Waals surface area contributed by atoms with Crippen molar-refractivity contribution in [3.63, 3.8) is 0 Å². The molecule has 23 heavy (non-hydrogen) atoms. The van der Waals surface area contributed by atoms with Gasteiger partial charge >= 0.3 is 5.97 Å². The zero-order valence-corrected chi connectivity index (χ0v) is 14.0. The fourth-order valence-electron chi connectivity index (χ4n) is 2.57. The summed E-state index contributed by atoms with van der Waals surface area (Å²) in [6.07, 6.45) is 8.91. The number of benzene rings is 2. The minimum atomic E-state index is -0.303. The molecule has 2 aromatic carbocycles. The predicted molar refractivity (Wildman–Crippen MR) is 94.9 cm³/mol. The van der Waals surface area contributed by atoms with E-state index in [1.807, 2.05) is 42.5 Å². The monoisotopic (exact) mass is 310 g/mol. The number of para-hydroxylation sites is 1. The van der Waals surface area contributed by atoms with Gasteiger partial charge in [-0.2, -0.15) is 0 Å². The molecule has 0 spiro atoms. The molecule has 0 unspecified atom stereocenters. The maximum absolute atomic E-state index is 12.1. The van der Waals surface area contributed by atoms with E-state index < -0.39 is 0 Å². The average Bonchev–Trinajstić information content (AvgIpc) is 2.59. The normalized spacial score (nSPS) is 10.5. The van der Waals surface area contributed by atoms with E-state index in [1.54, 1.807) is 12.1 Å². The van der Waals surface area contributed by atoms with Crippen LogP contribution in [-0.4, -0.2) is 5.97 Å². The maximum Gasteiger partial charge on any atom is 0.343 e. The highest BCUT2D eigenvalue weighted by molar-refractivity contribution is 5.91. The molecule has 0 heterocycles. The van der Waals surface area contributed by atoms with Crippen LogP contribution in [0, 0.1) is 0 Å². The van der Waals surface area contributed by atoms with E-state index in [4.69, 9.17) is 4.74 Å². The van der Waals surface area contributed by atoms with E-state index in [0.717, 1.165) is 6.42 Å². The van der Waals surface area contributed by atoms with Gasteiger partial charge in [0.1, 0.15) is 5.75 Å². The van der Waals surface area contributed by atoms with Crippen LogP contribution in [0.4, 0.5) is 0 Å². The van der Waals surface area contributed by atoms with Crippen LogP contribution in [0.3, 0.4) is 0 Å². The molecule has 0 fully saturated rings. The molecule has 2 rings (SSSR count). The molecule has 2 nitrogen and oxygen atoms in total. The SMILES string of the molecule is CCCCCCCCc1ccc(C(=O)Oc2ccccc2)cc1. The van der Waals surface area contributed by atoms with Crippen LogP contribution >= 0.6 is 0 Å². The Morgan fingerprint density at radius 2 is 1.48 bits per heavy atom. The van der Waals surface area contributed by atoms with Crippen molar-refractivity contribution in [3.8, 4) is 5.75 Å². The molecule has 0 aliphatic heterocycles. The quantitative estimate of drug-likeness (QED) is 0.332. The summed E-state index contributed by atoms with van der Waals surface area (Å²) < 4.78 is 5.34. The van der Waals surface area contributed by atoms with Gasteiger partial charge in [0.2, 0.25) is 0 Å². The Balaban J connectivity index is 1.76. The van der Waals surface area contributed by atoms with Crippen LogP contribution in [0.5, 0.6) is 5.75 Å². The van der Waals surface area contributed by atoms with Crippen molar-refractivity contribution >= 4 is 5.97 Å². The molecule has 0 aliphatic carbocycles. The van der Waals surface area contributed by atoms with Gasteiger partial charge in [-0.1, -0.05) is 69.4 Å². The number of hydrogen-bond donors (Lipinski definition) is 0. The van der Waals surface area contributed by atoms with Crippen LogP contribution < -0.4 is 4.74 Å². The van der Waals surface area contributed by atoms with E-state index >= 15 is 0 Å². The summed E-state index contributed by atoms with van der Waals surface area (Å²) in [7, 11) is 0. The standard InChI is InChI=1S/C21H26O2/c1-2-3-4-5-6-8-11-18-14-16-19(17-15-18)21(22)23-20-12-9-7-10-13-20/h7,9-10,12-17H,2-6,8,11H2,1H3. The minimum Gasteiger partial charge on any atom is -0.423 e. The first-order valence-electron chi connectivity index (χ1n) is 8.66. The first kappa shape index (κ1) is 17.3. The molecule has 0 aliphatic rings. The van der Waals surface area contributed by atoms with Gasteiger partial charge in [-0.05, 0) is 42.7 Å². The third kappa shape index (κ3) is 6.27. The largest absolute Gasteiger partial charge is 0.423 e. The fourth-order valence-corrected chi connectivity index (χ4v) is 2.57. The number of carbonyl (C=O) groups is 1. The maximum atomic E-state index is 12.1. The highest BCUT2D eigenvalue weighted by Gasteiger charge is 2.08. The number of carbonyl (C=O) groups excluding carboxylic acids is 1. The van der Waals surface area contributed by atoms with Gasteiger partial charge in [0, 0.05) is 0 Å². The second kappa shape index (κ2) is 9.83. The highest BCUT2D eigenvalue weighted by Crippen LogP contribution is 2.14. The summed E-state index contributed by atoms with van der Waals surface area (Å²) in [5.41, 5.74) is 1.89. The second-order valence-electron chi connectivity index (χ2n) is 5.92. The van der Waals surface area contributed by atoms with Crippen molar-refractivity contribution in [3.05, 3.63) is 65.7 Å². The molecule has 0 amide bonds. The smallest absolute Gasteiger partial charge is 0.343 e. The van der Waals surface area contributed by atoms with Gasteiger partial charge in [0.25, 0.3) is 0 Å². The fraction of sp³-hybridized carbons (Fsp3) is 0.381. The lowest BCUT2D eigenvalue weighted by Gasteiger charge is -2.06. The predicted octanol–water partition coefficient (Wildman–Crippen LogP) is 5.81. The van der Waals surface area contributed by atoms with Crippen LogP contribution in [-0.2, 0) is 6.42 Å². The van der Waals surface area contributed by atoms with Crippen molar-refractivity contribution in [1.82, 2.24) is 0 Å². The summed E-state index contributed by atoms with van der Waals surface area (Å²) in [4.78, 5) is 12.1. The summed E-state index contributed by atoms with van der Waals surface area (Å²) in [6.45, 7) is 2.24. The van der Waals surface area contributed by atoms with Crippen LogP contribution in [0.25, 0.3) is 0 Å². The summed E-state index contributed by atoms with van der Waals surface area (Å²) in [5.74, 6) is 0.274. The van der Waals surface area contributed by atoms with E-state index in [-0.39, 0.29) is 5.97 Å². The Bertz CT molecular complexity index is 573. The van der Waals surface area contributed by atoms with Gasteiger partial charge < -0.3 is 4.74 Å². The third-order valence-corrected chi connectivity index (χ3v) is 3.96. The average molecular weight is 310 g/mol. The molecule has 0 N–H and O–H groups in total. The van der Waals surface area contributed by atoms with Crippen molar-refractivity contribution in [2.24, 2.45) is 0 Å². The molecule has 0 saturated carbocycles. The van der Waals surface area contributed by atoms with Crippen molar-refractivity contribution in [2.45, 2.75) is 51.9 Å². The number of esters is 1. The molecule has 0 aromatic heterocycles. The molecular weight excluding hydrogens is 284 g/mol. The summed E-state index contributed by atoms with van der Waals surface area (Å²) in [6, 6.07) is 17.0. The first-order valence-corrected chi connectivity index (χ1v) is 8.66. The molecule has 0 bridgehead atoms. The Hall–Kier alpha value is -2.09. The Kier molecular flexibility index (Phi) is 7.38. The third-order valence-electron chi connectivity index (χ3n) is 3.96. The number of aryl methyl sites for hydroxylation is 1. The van der Waals surface area contributed by atoms with Gasteiger partial charge in [-0.3, -0.25) is 0 Å². The first-order chi connectivity index (χ1) is 11.3. The summed E-state index contributed by atoms with van der Waals surface area (Å²) >= 11 is 0. The van der Waals surface area contributed by atoms with Crippen LogP contribution in [0.2, 0.25) is 0 Å². The van der Waals surface area contributed by atoms with E-state index in [0.29, 0.717) is 11.3 Å². The lowest BCUT2D eigenvalue weighted by Crippen LogP contribution is -2.08. The minimum absolute atomic E-state index is 0.303. The van der Waals surface area contributed by atoms with Gasteiger partial charge in [0.15, 0.2) is 0 Å². The second-order valence-corrected chi connectivity index (χ2v) is 5.92. The van der Waals surface area contributed by atoms with Crippen molar-refractivity contribution in [2.75, 3.05) is 0 Å². The molecule has 0 atom stereocenters. The molecule has 0 radical (unpaired) electrons. The molecule has 2 aromatic rings.